The largest absolute Gasteiger partial charge is 0.425 e. The normalized spacial score (nSPS) is 17.3. The van der Waals surface area contributed by atoms with Crippen LogP contribution in [0.15, 0.2) is 28.8 Å². The minimum absolute atomic E-state index is 0.105. The quantitative estimate of drug-likeness (QED) is 0.642. The second-order valence-electron chi connectivity index (χ2n) is 5.65. The van der Waals surface area contributed by atoms with E-state index in [9.17, 15) is 5.21 Å². The summed E-state index contributed by atoms with van der Waals surface area (Å²) in [5, 5.41) is 9.94. The summed E-state index contributed by atoms with van der Waals surface area (Å²) >= 11 is 0. The summed E-state index contributed by atoms with van der Waals surface area (Å²) in [7, 11) is 0. The summed E-state index contributed by atoms with van der Waals surface area (Å²) < 4.78 is 0.948. The van der Waals surface area contributed by atoms with E-state index < -0.39 is 0 Å². The zero-order chi connectivity index (χ0) is 14.7. The van der Waals surface area contributed by atoms with E-state index in [2.05, 4.69) is 22.9 Å². The van der Waals surface area contributed by atoms with Crippen LogP contribution >= 0.6 is 0 Å². The second kappa shape index (κ2) is 6.03. The molecule has 1 aliphatic rings. The third kappa shape index (κ3) is 3.35. The van der Waals surface area contributed by atoms with Crippen LogP contribution in [-0.4, -0.2) is 29.1 Å². The number of allylic oxidation sites excluding steroid dienone is 1. The van der Waals surface area contributed by atoms with E-state index in [1.54, 1.807) is 6.07 Å². The molecule has 0 bridgehead atoms. The fourth-order valence-electron chi connectivity index (χ4n) is 2.41. The van der Waals surface area contributed by atoms with Crippen molar-refractivity contribution in [3.05, 3.63) is 29.3 Å². The van der Waals surface area contributed by atoms with E-state index in [1.165, 1.54) is 5.57 Å². The number of pyridine rings is 1. The molecule has 2 rings (SSSR count). The Balaban J connectivity index is 2.42. The lowest BCUT2D eigenvalue weighted by Crippen LogP contribution is -2.29. The maximum absolute atomic E-state index is 9.94. The summed E-state index contributed by atoms with van der Waals surface area (Å²) in [6.45, 7) is 7.99. The lowest BCUT2D eigenvalue weighted by atomic mass is 10.2. The minimum Gasteiger partial charge on any atom is -0.425 e. The molecule has 20 heavy (non-hydrogen) atoms. The zero-order valence-electron chi connectivity index (χ0n) is 12.5. The van der Waals surface area contributed by atoms with E-state index in [4.69, 9.17) is 5.73 Å². The lowest BCUT2D eigenvalue weighted by Gasteiger charge is -2.24. The Labute approximate surface area is 120 Å². The van der Waals surface area contributed by atoms with Crippen LogP contribution in [0.3, 0.4) is 0 Å². The topological polar surface area (TPSA) is 66.8 Å². The monoisotopic (exact) mass is 276 g/mol. The van der Waals surface area contributed by atoms with Gasteiger partial charge in [-0.05, 0) is 33.6 Å². The van der Waals surface area contributed by atoms with Gasteiger partial charge >= 0.3 is 0 Å². The molecule has 5 heteroatoms. The van der Waals surface area contributed by atoms with Crippen molar-refractivity contribution in [2.45, 2.75) is 39.7 Å². The highest BCUT2D eigenvalue weighted by Crippen LogP contribution is 2.19. The third-order valence-electron chi connectivity index (χ3n) is 3.36. The van der Waals surface area contributed by atoms with Crippen molar-refractivity contribution >= 4 is 11.5 Å². The van der Waals surface area contributed by atoms with Gasteiger partial charge in [0.1, 0.15) is 5.82 Å². The number of rotatable bonds is 2. The maximum Gasteiger partial charge on any atom is 0.168 e. The number of hydrogen-bond acceptors (Lipinski definition) is 4. The predicted octanol–water partition coefficient (Wildman–Crippen LogP) is 2.16. The van der Waals surface area contributed by atoms with Gasteiger partial charge in [0.15, 0.2) is 5.49 Å². The van der Waals surface area contributed by atoms with Crippen LogP contribution in [0.4, 0.5) is 11.5 Å². The van der Waals surface area contributed by atoms with Gasteiger partial charge in [-0.2, -0.15) is 4.73 Å². The first-order valence-electron chi connectivity index (χ1n) is 7.13. The number of nitrogens with two attached hydrogens (primary N) is 1. The molecule has 110 valence electrons. The summed E-state index contributed by atoms with van der Waals surface area (Å²) in [4.78, 5) is 6.70. The molecule has 2 heterocycles. The van der Waals surface area contributed by atoms with Gasteiger partial charge in [-0.15, -0.1) is 0 Å². The summed E-state index contributed by atoms with van der Waals surface area (Å²) in [6, 6.07) is 3.81. The Bertz CT molecular complexity index is 572. The molecule has 0 radical (unpaired) electrons. The van der Waals surface area contributed by atoms with Crippen molar-refractivity contribution in [3.63, 3.8) is 0 Å². The van der Waals surface area contributed by atoms with Crippen molar-refractivity contribution in [1.82, 2.24) is 4.73 Å². The van der Waals surface area contributed by atoms with E-state index in [0.29, 0.717) is 11.3 Å². The number of nitrogens with zero attached hydrogens (tertiary/aromatic N) is 3. The first-order valence-corrected chi connectivity index (χ1v) is 7.13. The zero-order valence-corrected chi connectivity index (χ0v) is 12.5. The van der Waals surface area contributed by atoms with Gasteiger partial charge in [-0.1, -0.05) is 11.6 Å². The molecule has 1 aliphatic heterocycles. The van der Waals surface area contributed by atoms with Crippen LogP contribution in [0.5, 0.6) is 0 Å². The highest BCUT2D eigenvalue weighted by atomic mass is 16.5. The molecule has 5 nitrogen and oxygen atoms in total. The summed E-state index contributed by atoms with van der Waals surface area (Å²) in [5.41, 5.74) is 8.77. The molecule has 0 amide bonds. The molecule has 1 aromatic rings. The molecule has 3 N–H and O–H groups in total. The molecule has 0 aliphatic carbocycles. The second-order valence-corrected chi connectivity index (χ2v) is 5.65. The Kier molecular flexibility index (Phi) is 4.37. The third-order valence-corrected chi connectivity index (χ3v) is 3.36. The number of aromatic nitrogens is 1. The van der Waals surface area contributed by atoms with Gasteiger partial charge in [-0.3, -0.25) is 4.99 Å². The minimum atomic E-state index is 0.105. The van der Waals surface area contributed by atoms with Crippen molar-refractivity contribution in [1.29, 1.82) is 0 Å². The molecule has 0 saturated heterocycles. The van der Waals surface area contributed by atoms with E-state index >= 15 is 0 Å². The van der Waals surface area contributed by atoms with Crippen molar-refractivity contribution in [3.8, 4) is 0 Å². The first-order chi connectivity index (χ1) is 9.47. The highest BCUT2D eigenvalue weighted by molar-refractivity contribution is 5.53. The van der Waals surface area contributed by atoms with E-state index in [-0.39, 0.29) is 6.04 Å². The van der Waals surface area contributed by atoms with Gasteiger partial charge in [0.25, 0.3) is 0 Å². The molecule has 0 fully saturated rings. The highest BCUT2D eigenvalue weighted by Gasteiger charge is 2.12. The van der Waals surface area contributed by atoms with Crippen LogP contribution in [0.2, 0.25) is 0 Å². The molecule has 0 atom stereocenters. The Hall–Kier alpha value is -1.91. The molecule has 1 aromatic heterocycles. The van der Waals surface area contributed by atoms with Crippen LogP contribution in [-0.2, 0) is 0 Å². The van der Waals surface area contributed by atoms with Gasteiger partial charge < -0.3 is 15.8 Å². The SMILES string of the molecule is CC1=CCCCN(c2cc(N)n(O)c(=NC(C)C)c2)C1. The Morgan fingerprint density at radius 3 is 2.80 bits per heavy atom. The number of anilines is 2. The van der Waals surface area contributed by atoms with Gasteiger partial charge in [0.05, 0.1) is 0 Å². The average Bonchev–Trinajstić information content (AvgIpc) is 2.59. The molecule has 0 spiro atoms. The van der Waals surface area contributed by atoms with E-state index in [0.717, 1.165) is 36.3 Å². The molecular formula is C15H24N4O. The van der Waals surface area contributed by atoms with Gasteiger partial charge in [0, 0.05) is 37.0 Å². The average molecular weight is 276 g/mol. The van der Waals surface area contributed by atoms with Crippen LogP contribution < -0.4 is 16.1 Å². The number of nitrogen functional groups attached to an aromatic ring is 1. The van der Waals surface area contributed by atoms with Crippen LogP contribution in [0.25, 0.3) is 0 Å². The van der Waals surface area contributed by atoms with Crippen LogP contribution in [0.1, 0.15) is 33.6 Å². The fourth-order valence-corrected chi connectivity index (χ4v) is 2.41. The maximum atomic E-state index is 9.94. The molecular weight excluding hydrogens is 252 g/mol. The Morgan fingerprint density at radius 2 is 2.10 bits per heavy atom. The smallest absolute Gasteiger partial charge is 0.168 e. The lowest BCUT2D eigenvalue weighted by molar-refractivity contribution is 0.177. The summed E-state index contributed by atoms with van der Waals surface area (Å²) in [5.74, 6) is 0.313. The van der Waals surface area contributed by atoms with E-state index in [1.807, 2.05) is 19.9 Å². The Morgan fingerprint density at radius 1 is 1.35 bits per heavy atom. The molecule has 0 saturated carbocycles. The number of hydrogen-bond donors (Lipinski definition) is 2. The van der Waals surface area contributed by atoms with Gasteiger partial charge in [0.2, 0.25) is 0 Å². The molecule has 0 aromatic carbocycles. The fraction of sp³-hybridized carbons (Fsp3) is 0.533. The standard InChI is InChI=1S/C15H24N4O/c1-11(2)17-15-9-13(8-14(16)19(15)20)18-7-5-4-6-12(3)10-18/h6,8-9,11,20H,4-5,7,10,16H2,1-3H3. The predicted molar refractivity (Wildman–Crippen MR) is 81.9 cm³/mol. The van der Waals surface area contributed by atoms with Crippen LogP contribution in [0, 0.1) is 0 Å². The van der Waals surface area contributed by atoms with Crippen molar-refractivity contribution in [2.75, 3.05) is 23.7 Å². The molecule has 0 unspecified atom stereocenters. The van der Waals surface area contributed by atoms with Gasteiger partial charge in [-0.25, -0.2) is 0 Å². The van der Waals surface area contributed by atoms with Crippen molar-refractivity contribution in [2.24, 2.45) is 4.99 Å². The first kappa shape index (κ1) is 14.5. The van der Waals surface area contributed by atoms with Crippen molar-refractivity contribution < 1.29 is 5.21 Å². The summed E-state index contributed by atoms with van der Waals surface area (Å²) in [6.07, 6.45) is 4.54.